The van der Waals surface area contributed by atoms with Crippen LogP contribution in [0.25, 0.3) is 0 Å². The lowest BCUT2D eigenvalue weighted by molar-refractivity contribution is -0.612. The fourth-order valence-corrected chi connectivity index (χ4v) is 6.04. The van der Waals surface area contributed by atoms with Gasteiger partial charge in [-0.1, -0.05) is 30.3 Å². The van der Waals surface area contributed by atoms with Crippen LogP contribution in [0.1, 0.15) is 46.1 Å². The molecule has 8 heteroatoms. The van der Waals surface area contributed by atoms with Crippen molar-refractivity contribution in [1.29, 1.82) is 0 Å². The first-order valence-corrected chi connectivity index (χ1v) is 13.0. The standard InChI is InChI=1S/C28H36N4O4/c1-19-8-12-32(35)20(2)26(19)28(34)31-16-23-14-30(15-24(23)17-31)11-9-25(21-6-4-3-5-7-21)29-27(33)22-10-13-36-18-22/h3-8,12,22-25H,9-11,13-18H2,1-2H3,(H,29,33)/t22?,23-,24?,25?/m0/s1. The number of hydrogen-bond acceptors (Lipinski definition) is 5. The van der Waals surface area contributed by atoms with Crippen molar-refractivity contribution in [2.24, 2.45) is 17.8 Å². The summed E-state index contributed by atoms with van der Waals surface area (Å²) in [6.07, 6.45) is 3.09. The molecular weight excluding hydrogens is 456 g/mol. The number of amides is 2. The molecule has 2 amide bonds. The summed E-state index contributed by atoms with van der Waals surface area (Å²) in [7, 11) is 0. The Labute approximate surface area is 212 Å². The molecule has 0 saturated carbocycles. The molecule has 1 aromatic heterocycles. The van der Waals surface area contributed by atoms with Gasteiger partial charge in [0.1, 0.15) is 5.56 Å². The van der Waals surface area contributed by atoms with Gasteiger partial charge in [-0.05, 0) is 42.7 Å². The zero-order valence-corrected chi connectivity index (χ0v) is 21.2. The summed E-state index contributed by atoms with van der Waals surface area (Å²) in [5.74, 6) is 0.883. The van der Waals surface area contributed by atoms with E-state index in [9.17, 15) is 14.8 Å². The molecule has 3 saturated heterocycles. The first kappa shape index (κ1) is 24.7. The van der Waals surface area contributed by atoms with Gasteiger partial charge in [0, 0.05) is 52.3 Å². The molecule has 192 valence electrons. The van der Waals surface area contributed by atoms with Crippen LogP contribution < -0.4 is 10.0 Å². The van der Waals surface area contributed by atoms with E-state index in [-0.39, 0.29) is 23.8 Å². The minimum atomic E-state index is -0.0566. The van der Waals surface area contributed by atoms with Crippen molar-refractivity contribution in [2.75, 3.05) is 45.9 Å². The summed E-state index contributed by atoms with van der Waals surface area (Å²) in [4.78, 5) is 30.5. The molecule has 0 radical (unpaired) electrons. The lowest BCUT2D eigenvalue weighted by atomic mass is 10.0. The SMILES string of the molecule is Cc1cc[n+]([O-])c(C)c1C(=O)N1CC2CN(CCC(NC(=O)C3CCOC3)c3ccccc3)C[C@H]2C1. The second kappa shape index (κ2) is 10.6. The van der Waals surface area contributed by atoms with Gasteiger partial charge in [0.15, 0.2) is 6.20 Å². The van der Waals surface area contributed by atoms with Crippen LogP contribution in [0.3, 0.4) is 0 Å². The molecule has 3 fully saturated rings. The molecule has 3 unspecified atom stereocenters. The van der Waals surface area contributed by atoms with Gasteiger partial charge < -0.3 is 25.1 Å². The van der Waals surface area contributed by atoms with Crippen LogP contribution in [0.4, 0.5) is 0 Å². The van der Waals surface area contributed by atoms with Gasteiger partial charge in [0.05, 0.1) is 18.6 Å². The van der Waals surface area contributed by atoms with Crippen LogP contribution in [0.5, 0.6) is 0 Å². The van der Waals surface area contributed by atoms with Gasteiger partial charge in [-0.25, -0.2) is 0 Å². The van der Waals surface area contributed by atoms with E-state index < -0.39 is 0 Å². The topological polar surface area (TPSA) is 88.8 Å². The first-order valence-electron chi connectivity index (χ1n) is 13.0. The van der Waals surface area contributed by atoms with Gasteiger partial charge in [-0.15, -0.1) is 0 Å². The Morgan fingerprint density at radius 3 is 2.50 bits per heavy atom. The molecule has 4 heterocycles. The largest absolute Gasteiger partial charge is 0.618 e. The summed E-state index contributed by atoms with van der Waals surface area (Å²) >= 11 is 0. The Balaban J connectivity index is 1.17. The summed E-state index contributed by atoms with van der Waals surface area (Å²) in [5, 5.41) is 15.3. The predicted molar refractivity (Wildman–Crippen MR) is 135 cm³/mol. The number of rotatable bonds is 7. The Hall–Kier alpha value is -2.97. The van der Waals surface area contributed by atoms with Crippen molar-refractivity contribution in [2.45, 2.75) is 32.7 Å². The molecule has 3 aliphatic rings. The Kier molecular flexibility index (Phi) is 7.25. The second-order valence-electron chi connectivity index (χ2n) is 10.6. The fraction of sp³-hybridized carbons (Fsp3) is 0.536. The number of aromatic nitrogens is 1. The van der Waals surface area contributed by atoms with E-state index in [0.717, 1.165) is 61.4 Å². The van der Waals surface area contributed by atoms with Crippen molar-refractivity contribution in [3.63, 3.8) is 0 Å². The maximum absolute atomic E-state index is 13.2. The summed E-state index contributed by atoms with van der Waals surface area (Å²) in [5.41, 5.74) is 2.99. The van der Waals surface area contributed by atoms with Crippen molar-refractivity contribution in [3.8, 4) is 0 Å². The van der Waals surface area contributed by atoms with E-state index in [4.69, 9.17) is 4.74 Å². The Morgan fingerprint density at radius 2 is 1.83 bits per heavy atom. The van der Waals surface area contributed by atoms with E-state index in [1.54, 1.807) is 13.0 Å². The summed E-state index contributed by atoms with van der Waals surface area (Å²) < 4.78 is 6.19. The van der Waals surface area contributed by atoms with E-state index in [1.807, 2.05) is 30.0 Å². The fourth-order valence-electron chi connectivity index (χ4n) is 6.04. The highest BCUT2D eigenvalue weighted by molar-refractivity contribution is 5.96. The van der Waals surface area contributed by atoms with Crippen molar-refractivity contribution in [1.82, 2.24) is 15.1 Å². The molecule has 3 aliphatic heterocycles. The van der Waals surface area contributed by atoms with Crippen molar-refractivity contribution in [3.05, 3.63) is 70.2 Å². The molecule has 2 aromatic rings. The third kappa shape index (κ3) is 5.11. The molecule has 4 atom stereocenters. The lowest BCUT2D eigenvalue weighted by Crippen LogP contribution is -2.39. The minimum absolute atomic E-state index is 0.0272. The third-order valence-electron chi connectivity index (χ3n) is 8.16. The van der Waals surface area contributed by atoms with E-state index >= 15 is 0 Å². The van der Waals surface area contributed by atoms with Crippen LogP contribution in [0.2, 0.25) is 0 Å². The van der Waals surface area contributed by atoms with Gasteiger partial charge >= 0.3 is 0 Å². The number of aryl methyl sites for hydroxylation is 1. The van der Waals surface area contributed by atoms with Gasteiger partial charge in [0.25, 0.3) is 5.91 Å². The highest BCUT2D eigenvalue weighted by Crippen LogP contribution is 2.33. The van der Waals surface area contributed by atoms with E-state index in [0.29, 0.717) is 36.3 Å². The maximum atomic E-state index is 13.2. The molecule has 0 bridgehead atoms. The number of carbonyl (C=O) groups is 2. The zero-order valence-electron chi connectivity index (χ0n) is 21.2. The average Bonchev–Trinajstić information content (AvgIpc) is 3.62. The van der Waals surface area contributed by atoms with Gasteiger partial charge in [-0.2, -0.15) is 4.73 Å². The first-order chi connectivity index (χ1) is 17.4. The molecular formula is C28H36N4O4. The Bertz CT molecular complexity index is 1090. The molecule has 0 aliphatic carbocycles. The molecule has 0 spiro atoms. The number of nitrogens with zero attached hydrogens (tertiary/aromatic N) is 3. The third-order valence-corrected chi connectivity index (χ3v) is 8.16. The highest BCUT2D eigenvalue weighted by atomic mass is 16.5. The number of carbonyl (C=O) groups excluding carboxylic acids is 2. The highest BCUT2D eigenvalue weighted by Gasteiger charge is 2.42. The monoisotopic (exact) mass is 492 g/mol. The second-order valence-corrected chi connectivity index (χ2v) is 10.6. The smallest absolute Gasteiger partial charge is 0.260 e. The van der Waals surface area contributed by atoms with Crippen LogP contribution in [-0.4, -0.2) is 67.6 Å². The van der Waals surface area contributed by atoms with E-state index in [2.05, 4.69) is 22.3 Å². The van der Waals surface area contributed by atoms with Gasteiger partial charge in [-0.3, -0.25) is 9.59 Å². The average molecular weight is 493 g/mol. The number of nitrogens with one attached hydrogen (secondary N) is 1. The lowest BCUT2D eigenvalue weighted by Gasteiger charge is -2.25. The molecule has 8 nitrogen and oxygen atoms in total. The van der Waals surface area contributed by atoms with E-state index in [1.165, 1.54) is 6.20 Å². The van der Waals surface area contributed by atoms with Crippen LogP contribution >= 0.6 is 0 Å². The molecule has 5 rings (SSSR count). The number of benzene rings is 1. The minimum Gasteiger partial charge on any atom is -0.618 e. The quantitative estimate of drug-likeness (QED) is 0.473. The number of ether oxygens (including phenoxy) is 1. The number of pyridine rings is 1. The maximum Gasteiger partial charge on any atom is 0.260 e. The van der Waals surface area contributed by atoms with Crippen molar-refractivity contribution >= 4 is 11.8 Å². The normalized spacial score (nSPS) is 24.6. The number of fused-ring (bicyclic) bond motifs is 1. The van der Waals surface area contributed by atoms with Gasteiger partial charge in [0.2, 0.25) is 11.6 Å². The number of hydrogen-bond donors (Lipinski definition) is 1. The number of likely N-dealkylation sites (tertiary alicyclic amines) is 2. The van der Waals surface area contributed by atoms with Crippen LogP contribution in [-0.2, 0) is 9.53 Å². The molecule has 1 aromatic carbocycles. The predicted octanol–water partition coefficient (Wildman–Crippen LogP) is 2.22. The zero-order chi connectivity index (χ0) is 25.2. The molecule has 36 heavy (non-hydrogen) atoms. The summed E-state index contributed by atoms with van der Waals surface area (Å²) in [6.45, 7) is 9.03. The van der Waals surface area contributed by atoms with Crippen LogP contribution in [0.15, 0.2) is 42.6 Å². The van der Waals surface area contributed by atoms with Crippen LogP contribution in [0, 0.1) is 36.8 Å². The molecule has 1 N–H and O–H groups in total. The summed E-state index contributed by atoms with van der Waals surface area (Å²) in [6, 6.07) is 11.9. The van der Waals surface area contributed by atoms with Crippen molar-refractivity contribution < 1.29 is 19.1 Å². The Morgan fingerprint density at radius 1 is 1.11 bits per heavy atom.